The Balaban J connectivity index is 1.72. The van der Waals surface area contributed by atoms with Gasteiger partial charge in [0.2, 0.25) is 0 Å². The average molecular weight is 285 g/mol. The molecule has 2 heterocycles. The normalized spacial score (nSPS) is 11.1. The van der Waals surface area contributed by atoms with Gasteiger partial charge >= 0.3 is 0 Å². The highest BCUT2D eigenvalue weighted by molar-refractivity contribution is 5.79. The van der Waals surface area contributed by atoms with Crippen LogP contribution in [0.1, 0.15) is 16.8 Å². The second kappa shape index (κ2) is 5.19. The van der Waals surface area contributed by atoms with Crippen LogP contribution in [0.3, 0.4) is 0 Å². The van der Waals surface area contributed by atoms with E-state index in [1.807, 2.05) is 24.5 Å². The number of rotatable bonds is 2. The van der Waals surface area contributed by atoms with E-state index in [1.165, 1.54) is 11.1 Å². The molecule has 0 aliphatic rings. The molecule has 0 amide bonds. The zero-order valence-corrected chi connectivity index (χ0v) is 12.3. The number of benzene rings is 2. The standard InChI is InChI=1S/C19H15N3/c1-13-4-6-18-19(9-13)22-16(12-21-18)11-14-5-7-17-15(10-14)3-2-8-20-17/h2-10,12H,11H2,1H3. The maximum Gasteiger partial charge on any atom is 0.0892 e. The Bertz CT molecular complexity index is 976. The van der Waals surface area contributed by atoms with Gasteiger partial charge in [-0.15, -0.1) is 0 Å². The third-order valence-electron chi connectivity index (χ3n) is 3.80. The second-order valence-electron chi connectivity index (χ2n) is 5.56. The smallest absolute Gasteiger partial charge is 0.0892 e. The van der Waals surface area contributed by atoms with Gasteiger partial charge in [-0.2, -0.15) is 0 Å². The van der Waals surface area contributed by atoms with E-state index in [-0.39, 0.29) is 0 Å². The average Bonchev–Trinajstić information content (AvgIpc) is 2.54. The monoisotopic (exact) mass is 285 g/mol. The Hall–Kier alpha value is -2.81. The number of aromatic nitrogens is 3. The van der Waals surface area contributed by atoms with Crippen LogP contribution in [-0.2, 0) is 6.42 Å². The fourth-order valence-electron chi connectivity index (χ4n) is 2.69. The van der Waals surface area contributed by atoms with E-state index in [2.05, 4.69) is 53.3 Å². The third kappa shape index (κ3) is 2.42. The first kappa shape index (κ1) is 12.9. The molecule has 106 valence electrons. The van der Waals surface area contributed by atoms with Crippen LogP contribution in [0.5, 0.6) is 0 Å². The lowest BCUT2D eigenvalue weighted by atomic mass is 10.1. The lowest BCUT2D eigenvalue weighted by molar-refractivity contribution is 1.07. The summed E-state index contributed by atoms with van der Waals surface area (Å²) in [5.41, 5.74) is 6.34. The van der Waals surface area contributed by atoms with Crippen LogP contribution in [0.4, 0.5) is 0 Å². The molecule has 0 aliphatic carbocycles. The molecule has 0 saturated heterocycles. The SMILES string of the molecule is Cc1ccc2ncc(Cc3ccc4ncccc4c3)nc2c1. The maximum absolute atomic E-state index is 4.73. The topological polar surface area (TPSA) is 38.7 Å². The molecule has 0 bridgehead atoms. The van der Waals surface area contributed by atoms with Gasteiger partial charge in [0.05, 0.1) is 22.2 Å². The van der Waals surface area contributed by atoms with Gasteiger partial charge in [-0.05, 0) is 48.4 Å². The summed E-state index contributed by atoms with van der Waals surface area (Å²) in [6, 6.07) is 16.5. The lowest BCUT2D eigenvalue weighted by Gasteiger charge is -2.05. The number of fused-ring (bicyclic) bond motifs is 2. The van der Waals surface area contributed by atoms with Crippen LogP contribution in [0.15, 0.2) is 60.9 Å². The van der Waals surface area contributed by atoms with E-state index >= 15 is 0 Å². The zero-order chi connectivity index (χ0) is 14.9. The molecule has 4 rings (SSSR count). The molecular weight excluding hydrogens is 270 g/mol. The first-order valence-corrected chi connectivity index (χ1v) is 7.34. The van der Waals surface area contributed by atoms with E-state index in [4.69, 9.17) is 4.98 Å². The molecule has 0 aliphatic heterocycles. The molecule has 0 N–H and O–H groups in total. The van der Waals surface area contributed by atoms with Crippen LogP contribution < -0.4 is 0 Å². The quantitative estimate of drug-likeness (QED) is 0.557. The van der Waals surface area contributed by atoms with Crippen LogP contribution in [0.25, 0.3) is 21.9 Å². The van der Waals surface area contributed by atoms with Crippen molar-refractivity contribution >= 4 is 21.9 Å². The molecule has 0 atom stereocenters. The molecule has 3 nitrogen and oxygen atoms in total. The first-order valence-electron chi connectivity index (χ1n) is 7.34. The fraction of sp³-hybridized carbons (Fsp3) is 0.105. The van der Waals surface area contributed by atoms with Crippen molar-refractivity contribution in [2.45, 2.75) is 13.3 Å². The van der Waals surface area contributed by atoms with E-state index in [1.54, 1.807) is 0 Å². The first-order chi connectivity index (χ1) is 10.8. The van der Waals surface area contributed by atoms with E-state index in [9.17, 15) is 0 Å². The van der Waals surface area contributed by atoms with Gasteiger partial charge in [-0.1, -0.05) is 18.2 Å². The summed E-state index contributed by atoms with van der Waals surface area (Å²) in [5.74, 6) is 0. The van der Waals surface area contributed by atoms with Crippen LogP contribution in [-0.4, -0.2) is 15.0 Å². The van der Waals surface area contributed by atoms with Crippen molar-refractivity contribution < 1.29 is 0 Å². The second-order valence-corrected chi connectivity index (χ2v) is 5.56. The fourth-order valence-corrected chi connectivity index (χ4v) is 2.69. The minimum Gasteiger partial charge on any atom is -0.256 e. The Morgan fingerprint density at radius 3 is 2.73 bits per heavy atom. The van der Waals surface area contributed by atoms with Crippen molar-refractivity contribution in [1.82, 2.24) is 15.0 Å². The van der Waals surface area contributed by atoms with Crippen molar-refractivity contribution in [3.8, 4) is 0 Å². The summed E-state index contributed by atoms with van der Waals surface area (Å²) in [7, 11) is 0. The predicted molar refractivity (Wildman–Crippen MR) is 88.8 cm³/mol. The largest absolute Gasteiger partial charge is 0.256 e. The van der Waals surface area contributed by atoms with Crippen molar-refractivity contribution in [3.05, 3.63) is 77.7 Å². The molecule has 0 spiro atoms. The number of aryl methyl sites for hydroxylation is 1. The minimum atomic E-state index is 0.779. The summed E-state index contributed by atoms with van der Waals surface area (Å²) in [5, 5.41) is 1.16. The highest BCUT2D eigenvalue weighted by atomic mass is 14.8. The molecule has 2 aromatic heterocycles. The highest BCUT2D eigenvalue weighted by Gasteiger charge is 2.03. The molecule has 0 radical (unpaired) electrons. The summed E-state index contributed by atoms with van der Waals surface area (Å²) in [4.78, 5) is 13.6. The summed E-state index contributed by atoms with van der Waals surface area (Å²) in [6.07, 6.45) is 4.46. The van der Waals surface area contributed by atoms with Gasteiger partial charge in [-0.25, -0.2) is 4.98 Å². The molecular formula is C19H15N3. The highest BCUT2D eigenvalue weighted by Crippen LogP contribution is 2.17. The van der Waals surface area contributed by atoms with E-state index < -0.39 is 0 Å². The van der Waals surface area contributed by atoms with Gasteiger partial charge in [0, 0.05) is 24.2 Å². The van der Waals surface area contributed by atoms with E-state index in [0.717, 1.165) is 34.1 Å². The molecule has 3 heteroatoms. The summed E-state index contributed by atoms with van der Waals surface area (Å²) in [6.45, 7) is 2.07. The zero-order valence-electron chi connectivity index (χ0n) is 12.3. The van der Waals surface area contributed by atoms with Gasteiger partial charge in [0.15, 0.2) is 0 Å². The maximum atomic E-state index is 4.73. The van der Waals surface area contributed by atoms with Crippen molar-refractivity contribution in [3.63, 3.8) is 0 Å². The molecule has 4 aromatic rings. The predicted octanol–water partition coefficient (Wildman–Crippen LogP) is 4.08. The van der Waals surface area contributed by atoms with Crippen LogP contribution in [0.2, 0.25) is 0 Å². The molecule has 22 heavy (non-hydrogen) atoms. The lowest BCUT2D eigenvalue weighted by Crippen LogP contribution is -1.95. The molecule has 0 unspecified atom stereocenters. The number of hydrogen-bond donors (Lipinski definition) is 0. The minimum absolute atomic E-state index is 0.779. The number of hydrogen-bond acceptors (Lipinski definition) is 3. The van der Waals surface area contributed by atoms with Crippen LogP contribution in [0, 0.1) is 6.92 Å². The van der Waals surface area contributed by atoms with Crippen molar-refractivity contribution in [1.29, 1.82) is 0 Å². The summed E-state index contributed by atoms with van der Waals surface area (Å²) < 4.78 is 0. The van der Waals surface area contributed by atoms with Crippen molar-refractivity contribution in [2.24, 2.45) is 0 Å². The number of nitrogens with zero attached hydrogens (tertiary/aromatic N) is 3. The van der Waals surface area contributed by atoms with Crippen molar-refractivity contribution in [2.75, 3.05) is 0 Å². The van der Waals surface area contributed by atoms with Gasteiger partial charge < -0.3 is 0 Å². The van der Waals surface area contributed by atoms with Gasteiger partial charge in [-0.3, -0.25) is 9.97 Å². The Morgan fingerprint density at radius 1 is 0.864 bits per heavy atom. The third-order valence-corrected chi connectivity index (χ3v) is 3.80. The Kier molecular flexibility index (Phi) is 3.04. The van der Waals surface area contributed by atoms with E-state index in [0.29, 0.717) is 0 Å². The number of pyridine rings is 1. The molecule has 2 aromatic carbocycles. The molecule has 0 fully saturated rings. The Morgan fingerprint density at radius 2 is 1.77 bits per heavy atom. The van der Waals surface area contributed by atoms with Crippen LogP contribution >= 0.6 is 0 Å². The van der Waals surface area contributed by atoms with Gasteiger partial charge in [0.1, 0.15) is 0 Å². The Labute approximate surface area is 128 Å². The molecule has 0 saturated carbocycles. The van der Waals surface area contributed by atoms with Gasteiger partial charge in [0.25, 0.3) is 0 Å². The summed E-state index contributed by atoms with van der Waals surface area (Å²) >= 11 is 0.